The predicted octanol–water partition coefficient (Wildman–Crippen LogP) is 8.22. The molecule has 0 aromatic heterocycles. The molecule has 230 valence electrons. The maximum absolute atomic E-state index is 7.00. The van der Waals surface area contributed by atoms with Gasteiger partial charge < -0.3 is 15.2 Å². The van der Waals surface area contributed by atoms with Gasteiger partial charge in [-0.25, -0.2) is 0 Å². The van der Waals surface area contributed by atoms with Gasteiger partial charge in [0.05, 0.1) is 47.2 Å². The number of hydrogen-bond donors (Lipinski definition) is 2. The molecule has 0 radical (unpaired) electrons. The van der Waals surface area contributed by atoms with E-state index in [4.69, 9.17) is 15.2 Å². The van der Waals surface area contributed by atoms with Crippen molar-refractivity contribution in [3.8, 4) is 23.0 Å². The van der Waals surface area contributed by atoms with Crippen molar-refractivity contribution >= 4 is 14.4 Å². The van der Waals surface area contributed by atoms with Crippen LogP contribution in [0, 0.1) is 0 Å². The van der Waals surface area contributed by atoms with E-state index >= 15 is 0 Å². The normalized spacial score (nSPS) is 23.9. The van der Waals surface area contributed by atoms with Crippen LogP contribution in [0.1, 0.15) is 57.5 Å². The highest BCUT2D eigenvalue weighted by Gasteiger charge is 2.66. The molecule has 1 spiro atoms. The van der Waals surface area contributed by atoms with Gasteiger partial charge in [-0.1, -0.05) is 133 Å². The second-order valence-corrected chi connectivity index (χ2v) is 14.3. The minimum Gasteiger partial charge on any atom is -0.697 e. The van der Waals surface area contributed by atoms with Crippen LogP contribution < -0.4 is 25.8 Å². The predicted molar refractivity (Wildman–Crippen MR) is 182 cm³/mol. The summed E-state index contributed by atoms with van der Waals surface area (Å²) in [6.45, 7) is 0. The van der Waals surface area contributed by atoms with Gasteiger partial charge in [-0.2, -0.15) is 0 Å². The Balaban J connectivity index is 1.41. The first-order valence-corrected chi connectivity index (χ1v) is 18.0. The molecule has 6 nitrogen and oxygen atoms in total. The summed E-state index contributed by atoms with van der Waals surface area (Å²) in [6, 6.07) is 52.9. The Hall–Kier alpha value is -5.03. The van der Waals surface area contributed by atoms with Crippen molar-refractivity contribution in [1.82, 2.24) is 10.6 Å². The zero-order valence-electron chi connectivity index (χ0n) is 25.5. The van der Waals surface area contributed by atoms with Gasteiger partial charge in [0.15, 0.2) is 0 Å². The van der Waals surface area contributed by atoms with Crippen LogP contribution in [0.5, 0.6) is 23.0 Å². The van der Waals surface area contributed by atoms with E-state index in [0.717, 1.165) is 33.4 Å². The van der Waals surface area contributed by atoms with E-state index in [1.807, 2.05) is 48.5 Å². The highest BCUT2D eigenvalue weighted by molar-refractivity contribution is 6.57. The molecule has 0 aliphatic carbocycles. The molecule has 5 heterocycles. The van der Waals surface area contributed by atoms with Gasteiger partial charge in [0.2, 0.25) is 0 Å². The van der Waals surface area contributed by atoms with Gasteiger partial charge in [-0.3, -0.25) is 10.6 Å². The second-order valence-electron chi connectivity index (χ2n) is 12.2. The first-order chi connectivity index (χ1) is 23.2. The molecule has 47 heavy (non-hydrogen) atoms. The summed E-state index contributed by atoms with van der Waals surface area (Å²) in [5.74, 6) is 2.64. The highest BCUT2D eigenvalue weighted by atomic mass is 27.3. The average molecular weight is 632 g/mol. The summed E-state index contributed by atoms with van der Waals surface area (Å²) in [5, 5.41) is 8.27. The van der Waals surface area contributed by atoms with E-state index in [1.54, 1.807) is 0 Å². The minimum atomic E-state index is -4.43. The van der Waals surface area contributed by atoms with Gasteiger partial charge in [0.1, 0.15) is 0 Å². The molecular formula is C40H32AlN2O4-. The molecule has 6 aromatic rings. The monoisotopic (exact) mass is 631 g/mol. The molecule has 6 aromatic carbocycles. The fraction of sp³-hybridized carbons (Fsp3) is 0.100. The SMILES string of the molecule is c1ccc([C@H]2NC3c4ccccc4[O][Al-]4([O]c5ccccc53)[O]c3ccccc3C(N[C@@H]2c2ccccc2)c2ccccc2[O]4)cc1. The van der Waals surface area contributed by atoms with Crippen LogP contribution in [-0.4, -0.2) is 14.4 Å². The summed E-state index contributed by atoms with van der Waals surface area (Å²) in [6.07, 6.45) is 0. The summed E-state index contributed by atoms with van der Waals surface area (Å²) < 4.78 is 28.0. The van der Waals surface area contributed by atoms with Crippen LogP contribution in [0.3, 0.4) is 0 Å². The summed E-state index contributed by atoms with van der Waals surface area (Å²) >= 11 is -4.43. The molecule has 2 N–H and O–H groups in total. The van der Waals surface area contributed by atoms with Gasteiger partial charge >= 0.3 is 14.4 Å². The standard InChI is InChI=1S/C40H36N2O4.Al/c43-33-23-11-7-19-29(33)39(30-20-8-12-24-34(30)44)41-37(27-15-3-1-4-16-27)38(28-17-5-2-6-18-28)42-40(31-21-9-13-25-35(31)45)32-22-10-14-26-36(32)46;/h1-26,37-46H;/q;+3/p-4/t37-,38-;/m1./s1. The molecule has 5 aliphatic heterocycles. The van der Waals surface area contributed by atoms with Crippen LogP contribution in [0.4, 0.5) is 0 Å². The molecule has 0 amide bonds. The molecule has 7 heteroatoms. The van der Waals surface area contributed by atoms with E-state index in [2.05, 4.69) is 120 Å². The van der Waals surface area contributed by atoms with Crippen molar-refractivity contribution in [3.63, 3.8) is 0 Å². The first kappa shape index (κ1) is 28.2. The van der Waals surface area contributed by atoms with Crippen LogP contribution >= 0.6 is 0 Å². The topological polar surface area (TPSA) is 61.0 Å². The van der Waals surface area contributed by atoms with E-state index < -0.39 is 14.4 Å². The lowest BCUT2D eigenvalue weighted by molar-refractivity contribution is 0.153. The van der Waals surface area contributed by atoms with Crippen molar-refractivity contribution in [2.24, 2.45) is 0 Å². The van der Waals surface area contributed by atoms with Gasteiger partial charge in [0, 0.05) is 22.3 Å². The third-order valence-electron chi connectivity index (χ3n) is 9.35. The van der Waals surface area contributed by atoms with Gasteiger partial charge in [0.25, 0.3) is 0 Å². The quantitative estimate of drug-likeness (QED) is 0.188. The molecule has 0 saturated heterocycles. The second kappa shape index (κ2) is 11.6. The molecule has 0 unspecified atom stereocenters. The van der Waals surface area contributed by atoms with Crippen LogP contribution in [0.15, 0.2) is 158 Å². The fourth-order valence-electron chi connectivity index (χ4n) is 7.22. The van der Waals surface area contributed by atoms with E-state index in [0.29, 0.717) is 23.0 Å². The lowest BCUT2D eigenvalue weighted by Gasteiger charge is -2.44. The number of benzene rings is 6. The number of rotatable bonds is 2. The first-order valence-electron chi connectivity index (χ1n) is 16.1. The maximum atomic E-state index is 7.00. The maximum Gasteiger partial charge on any atom is 1.21 e. The molecule has 11 rings (SSSR count). The Bertz CT molecular complexity index is 1810. The Morgan fingerprint density at radius 1 is 0.340 bits per heavy atom. The van der Waals surface area contributed by atoms with E-state index in [9.17, 15) is 0 Å². The van der Waals surface area contributed by atoms with Gasteiger partial charge in [-0.15, -0.1) is 0 Å². The molecule has 5 aliphatic rings. The molecule has 0 saturated carbocycles. The Labute approximate surface area is 277 Å². The fourth-order valence-corrected chi connectivity index (χ4v) is 9.61. The van der Waals surface area contributed by atoms with Crippen molar-refractivity contribution in [2.75, 3.05) is 0 Å². The molecule has 0 fully saturated rings. The molecule has 3 bridgehead atoms. The number of para-hydroxylation sites is 4. The summed E-state index contributed by atoms with van der Waals surface area (Å²) in [5.41, 5.74) is 6.20. The molecule has 2 atom stereocenters. The van der Waals surface area contributed by atoms with Crippen LogP contribution in [0.2, 0.25) is 0 Å². The average Bonchev–Trinajstić information content (AvgIpc) is 3.13. The van der Waals surface area contributed by atoms with Crippen LogP contribution in [-0.2, 0) is 0 Å². The van der Waals surface area contributed by atoms with Crippen LogP contribution in [0.25, 0.3) is 0 Å². The van der Waals surface area contributed by atoms with E-state index in [-0.39, 0.29) is 24.2 Å². The summed E-state index contributed by atoms with van der Waals surface area (Å²) in [4.78, 5) is 0. The number of nitrogens with one attached hydrogen (secondary N) is 2. The summed E-state index contributed by atoms with van der Waals surface area (Å²) in [7, 11) is 0. The zero-order chi connectivity index (χ0) is 31.2. The van der Waals surface area contributed by atoms with Crippen molar-refractivity contribution in [3.05, 3.63) is 191 Å². The molecular weight excluding hydrogens is 599 g/mol. The van der Waals surface area contributed by atoms with Crippen molar-refractivity contribution < 1.29 is 15.2 Å². The lowest BCUT2D eigenvalue weighted by Crippen LogP contribution is -2.61. The highest BCUT2D eigenvalue weighted by Crippen LogP contribution is 2.47. The Morgan fingerprint density at radius 2 is 0.617 bits per heavy atom. The van der Waals surface area contributed by atoms with E-state index in [1.165, 1.54) is 0 Å². The Kier molecular flexibility index (Phi) is 6.99. The Morgan fingerprint density at radius 3 is 0.936 bits per heavy atom. The minimum absolute atomic E-state index is 0.196. The third kappa shape index (κ3) is 5.05. The number of hydrogen-bond acceptors (Lipinski definition) is 6. The van der Waals surface area contributed by atoms with Crippen molar-refractivity contribution in [2.45, 2.75) is 24.2 Å². The lowest BCUT2D eigenvalue weighted by atomic mass is 9.87. The largest absolute Gasteiger partial charge is 1.21 e. The zero-order valence-corrected chi connectivity index (χ0v) is 26.7. The van der Waals surface area contributed by atoms with Crippen molar-refractivity contribution in [1.29, 1.82) is 0 Å². The third-order valence-corrected chi connectivity index (χ3v) is 11.5. The van der Waals surface area contributed by atoms with Gasteiger partial charge in [-0.05, 0) is 35.4 Å². The smallest absolute Gasteiger partial charge is 0.697 e.